The molecule has 0 aliphatic carbocycles. The highest BCUT2D eigenvalue weighted by Crippen LogP contribution is 2.29. The number of β-amino-alcohol motifs (C(OH)–C–C–N with tert-alkyl or cyclic N) is 1. The molecule has 10 heteroatoms. The summed E-state index contributed by atoms with van der Waals surface area (Å²) < 4.78 is 39.1. The van der Waals surface area contributed by atoms with Crippen molar-refractivity contribution in [2.75, 3.05) is 25.1 Å². The molecule has 0 radical (unpaired) electrons. The number of aromatic nitrogens is 1. The third kappa shape index (κ3) is 6.05. The van der Waals surface area contributed by atoms with Crippen molar-refractivity contribution >= 4 is 22.4 Å². The van der Waals surface area contributed by atoms with Crippen LogP contribution in [0.2, 0.25) is 0 Å². The summed E-state index contributed by atoms with van der Waals surface area (Å²) >= 11 is 1.35. The molecule has 2 aliphatic rings. The molecule has 1 amide bonds. The quantitative estimate of drug-likeness (QED) is 0.724. The molecule has 0 saturated carbocycles. The van der Waals surface area contributed by atoms with Gasteiger partial charge in [0.25, 0.3) is 0 Å². The van der Waals surface area contributed by atoms with Crippen LogP contribution < -0.4 is 5.32 Å². The topological polar surface area (TPSA) is 83.9 Å². The van der Waals surface area contributed by atoms with Gasteiger partial charge in [0, 0.05) is 36.8 Å². The number of carbonyl (C=O) groups excluding carboxylic acids is 1. The van der Waals surface area contributed by atoms with Crippen LogP contribution in [0.3, 0.4) is 0 Å². The number of rotatable bonds is 5. The van der Waals surface area contributed by atoms with Gasteiger partial charge in [-0.25, -0.2) is 13.8 Å². The second-order valence-corrected chi connectivity index (χ2v) is 8.82. The first-order valence-corrected chi connectivity index (χ1v) is 11.1. The minimum Gasteiger partial charge on any atom is -0.389 e. The molecular weight excluding hydrogens is 428 g/mol. The largest absolute Gasteiger partial charge is 0.389 e. The van der Waals surface area contributed by atoms with E-state index in [1.165, 1.54) is 23.5 Å². The minimum absolute atomic E-state index is 0.0976. The van der Waals surface area contributed by atoms with E-state index in [4.69, 9.17) is 9.47 Å². The number of nitrogens with one attached hydrogen (secondary N) is 1. The van der Waals surface area contributed by atoms with Gasteiger partial charge < -0.3 is 19.9 Å². The molecule has 2 fully saturated rings. The van der Waals surface area contributed by atoms with E-state index in [1.807, 2.05) is 4.90 Å². The van der Waals surface area contributed by atoms with E-state index >= 15 is 0 Å². The molecule has 2 aliphatic heterocycles. The zero-order chi connectivity index (χ0) is 21.8. The fourth-order valence-electron chi connectivity index (χ4n) is 4.23. The van der Waals surface area contributed by atoms with Crippen molar-refractivity contribution in [3.8, 4) is 0 Å². The number of benzene rings is 1. The van der Waals surface area contributed by atoms with Gasteiger partial charge in [0.2, 0.25) is 5.91 Å². The highest BCUT2D eigenvalue weighted by molar-refractivity contribution is 7.13. The molecule has 0 unspecified atom stereocenters. The van der Waals surface area contributed by atoms with E-state index in [9.17, 15) is 18.7 Å². The lowest BCUT2D eigenvalue weighted by molar-refractivity contribution is -0.156. The number of fused-ring (bicyclic) bond motifs is 1. The highest BCUT2D eigenvalue weighted by atomic mass is 32.1. The lowest BCUT2D eigenvalue weighted by atomic mass is 9.94. The van der Waals surface area contributed by atoms with E-state index in [0.29, 0.717) is 30.1 Å². The second kappa shape index (κ2) is 10.1. The molecular formula is C21H25F2N3O4S. The molecule has 1 aromatic carbocycles. The van der Waals surface area contributed by atoms with Crippen LogP contribution in [-0.4, -0.2) is 65.0 Å². The predicted molar refractivity (Wildman–Crippen MR) is 111 cm³/mol. The number of anilines is 1. The standard InChI is InChI=1S/C21H25F2N3O4S/c22-14-5-13(6-15(23)7-14)9-26-10-16(27)11-29-12-19-18(26)2-1-17(30-19)8-20(28)25-21-24-3-4-31-21/h3-7,16-19,27H,1-2,8-12H2,(H,24,25,28)/t16-,17+,18-,19+/m0/s1. The van der Waals surface area contributed by atoms with Crippen LogP contribution in [0.1, 0.15) is 24.8 Å². The van der Waals surface area contributed by atoms with E-state index in [2.05, 4.69) is 10.3 Å². The number of aliphatic hydroxyl groups is 1. The molecule has 3 heterocycles. The molecule has 0 bridgehead atoms. The molecule has 2 saturated heterocycles. The zero-order valence-corrected chi connectivity index (χ0v) is 17.7. The fraction of sp³-hybridized carbons (Fsp3) is 0.524. The number of amides is 1. The number of ether oxygens (including phenoxy) is 2. The monoisotopic (exact) mass is 453 g/mol. The number of nitrogens with zero attached hydrogens (tertiary/aromatic N) is 2. The van der Waals surface area contributed by atoms with Gasteiger partial charge in [-0.2, -0.15) is 0 Å². The van der Waals surface area contributed by atoms with Gasteiger partial charge in [-0.3, -0.25) is 9.69 Å². The number of hydrogen-bond acceptors (Lipinski definition) is 7. The van der Waals surface area contributed by atoms with Gasteiger partial charge in [-0.05, 0) is 30.5 Å². The Morgan fingerprint density at radius 2 is 2.06 bits per heavy atom. The van der Waals surface area contributed by atoms with Crippen molar-refractivity contribution < 1.29 is 28.2 Å². The average Bonchev–Trinajstić information content (AvgIpc) is 3.18. The van der Waals surface area contributed by atoms with Crippen LogP contribution in [0, 0.1) is 11.6 Å². The molecule has 31 heavy (non-hydrogen) atoms. The van der Waals surface area contributed by atoms with Crippen LogP contribution in [0.15, 0.2) is 29.8 Å². The van der Waals surface area contributed by atoms with E-state index in [-0.39, 0.29) is 50.3 Å². The summed E-state index contributed by atoms with van der Waals surface area (Å²) in [5, 5.41) is 15.3. The van der Waals surface area contributed by atoms with Crippen molar-refractivity contribution in [1.29, 1.82) is 0 Å². The van der Waals surface area contributed by atoms with Gasteiger partial charge in [-0.15, -0.1) is 11.3 Å². The van der Waals surface area contributed by atoms with Crippen molar-refractivity contribution in [3.63, 3.8) is 0 Å². The lowest BCUT2D eigenvalue weighted by Crippen LogP contribution is -2.55. The summed E-state index contributed by atoms with van der Waals surface area (Å²) in [6.07, 6.45) is 1.92. The summed E-state index contributed by atoms with van der Waals surface area (Å²) in [5.74, 6) is -1.42. The molecule has 4 atom stereocenters. The first-order valence-electron chi connectivity index (χ1n) is 10.3. The summed E-state index contributed by atoms with van der Waals surface area (Å²) in [6, 6.07) is 3.34. The van der Waals surface area contributed by atoms with Gasteiger partial charge in [0.15, 0.2) is 5.13 Å². The lowest BCUT2D eigenvalue weighted by Gasteiger charge is -2.44. The maximum absolute atomic E-state index is 13.7. The fourth-order valence-corrected chi connectivity index (χ4v) is 4.77. The maximum atomic E-state index is 13.7. The number of thiazole rings is 1. The van der Waals surface area contributed by atoms with Crippen molar-refractivity contribution in [2.45, 2.75) is 50.2 Å². The van der Waals surface area contributed by atoms with Crippen molar-refractivity contribution in [1.82, 2.24) is 9.88 Å². The van der Waals surface area contributed by atoms with Crippen molar-refractivity contribution in [3.05, 3.63) is 47.0 Å². The smallest absolute Gasteiger partial charge is 0.228 e. The summed E-state index contributed by atoms with van der Waals surface area (Å²) in [4.78, 5) is 18.4. The van der Waals surface area contributed by atoms with Crippen LogP contribution in [0.25, 0.3) is 0 Å². The number of carbonyl (C=O) groups is 1. The van der Waals surface area contributed by atoms with Gasteiger partial charge in [0.05, 0.1) is 37.9 Å². The van der Waals surface area contributed by atoms with Gasteiger partial charge in [0.1, 0.15) is 11.6 Å². The summed E-state index contributed by atoms with van der Waals surface area (Å²) in [7, 11) is 0. The third-order valence-electron chi connectivity index (χ3n) is 5.49. The first-order chi connectivity index (χ1) is 15.0. The SMILES string of the molecule is O=C(C[C@H]1CC[C@H]2[C@@H](COC[C@@H](O)CN2Cc2cc(F)cc(F)c2)O1)Nc1nccs1. The number of hydrogen-bond donors (Lipinski definition) is 2. The molecule has 2 N–H and O–H groups in total. The molecule has 2 aromatic rings. The second-order valence-electron chi connectivity index (χ2n) is 7.93. The van der Waals surface area contributed by atoms with E-state index < -0.39 is 17.7 Å². The Bertz CT molecular complexity index is 865. The van der Waals surface area contributed by atoms with E-state index in [1.54, 1.807) is 11.6 Å². The Kier molecular flexibility index (Phi) is 7.24. The number of aliphatic hydroxyl groups excluding tert-OH is 1. The van der Waals surface area contributed by atoms with Gasteiger partial charge in [-0.1, -0.05) is 0 Å². The van der Waals surface area contributed by atoms with Gasteiger partial charge >= 0.3 is 0 Å². The molecule has 1 aromatic heterocycles. The Labute approximate surface area is 183 Å². The van der Waals surface area contributed by atoms with Crippen LogP contribution in [0.5, 0.6) is 0 Å². The number of halogens is 2. The minimum atomic E-state index is -0.707. The van der Waals surface area contributed by atoms with Crippen molar-refractivity contribution in [2.24, 2.45) is 0 Å². The summed E-state index contributed by atoms with van der Waals surface area (Å²) in [6.45, 7) is 1.01. The predicted octanol–water partition coefficient (Wildman–Crippen LogP) is 2.56. The van der Waals surface area contributed by atoms with Crippen LogP contribution >= 0.6 is 11.3 Å². The van der Waals surface area contributed by atoms with Crippen LogP contribution in [0.4, 0.5) is 13.9 Å². The molecule has 168 valence electrons. The zero-order valence-electron chi connectivity index (χ0n) is 16.9. The average molecular weight is 454 g/mol. The Morgan fingerprint density at radius 1 is 1.26 bits per heavy atom. The molecule has 7 nitrogen and oxygen atoms in total. The Hall–Kier alpha value is -1.98. The summed E-state index contributed by atoms with van der Waals surface area (Å²) in [5.41, 5.74) is 0.495. The maximum Gasteiger partial charge on any atom is 0.228 e. The highest BCUT2D eigenvalue weighted by Gasteiger charge is 2.38. The third-order valence-corrected chi connectivity index (χ3v) is 6.18. The van der Waals surface area contributed by atoms with Crippen LogP contribution in [-0.2, 0) is 20.8 Å². The van der Waals surface area contributed by atoms with E-state index in [0.717, 1.165) is 6.07 Å². The molecule has 0 spiro atoms. The Morgan fingerprint density at radius 3 is 2.81 bits per heavy atom. The Balaban J connectivity index is 1.42. The normalized spacial score (nSPS) is 27.2. The molecule has 4 rings (SSSR count). The first kappa shape index (κ1) is 22.2.